The van der Waals surface area contributed by atoms with Gasteiger partial charge >= 0.3 is 12.6 Å². The summed E-state index contributed by atoms with van der Waals surface area (Å²) in [7, 11) is 0. The second-order valence-electron chi connectivity index (χ2n) is 5.84. The lowest BCUT2D eigenvalue weighted by molar-refractivity contribution is -0.0498. The third-order valence-corrected chi connectivity index (χ3v) is 3.76. The van der Waals surface area contributed by atoms with Crippen LogP contribution < -0.4 is 9.64 Å². The minimum Gasteiger partial charge on any atom is -0.435 e. The molecule has 1 unspecified atom stereocenters. The molecule has 0 saturated carbocycles. The van der Waals surface area contributed by atoms with Crippen LogP contribution in [0.15, 0.2) is 28.8 Å². The van der Waals surface area contributed by atoms with E-state index in [1.165, 1.54) is 12.1 Å². The van der Waals surface area contributed by atoms with Crippen LogP contribution >= 0.6 is 0 Å². The van der Waals surface area contributed by atoms with Gasteiger partial charge in [0.15, 0.2) is 5.82 Å². The first kappa shape index (κ1) is 16.6. The number of benzene rings is 1. The monoisotopic (exact) mass is 339 g/mol. The fourth-order valence-corrected chi connectivity index (χ4v) is 2.48. The van der Waals surface area contributed by atoms with Crippen molar-refractivity contribution in [2.45, 2.75) is 32.5 Å². The Hall–Kier alpha value is -2.22. The minimum atomic E-state index is -2.83. The number of ether oxygens (including phenoxy) is 2. The number of anilines is 1. The molecule has 2 heterocycles. The number of nitrogens with zero attached hydrogens (tertiary/aromatic N) is 3. The van der Waals surface area contributed by atoms with E-state index in [-0.39, 0.29) is 17.8 Å². The zero-order valence-electron chi connectivity index (χ0n) is 13.5. The highest BCUT2D eigenvalue weighted by Crippen LogP contribution is 2.27. The van der Waals surface area contributed by atoms with Crippen LogP contribution in [-0.2, 0) is 4.74 Å². The Morgan fingerprint density at radius 2 is 2.00 bits per heavy atom. The smallest absolute Gasteiger partial charge is 0.387 e. The molecule has 3 rings (SSSR count). The van der Waals surface area contributed by atoms with E-state index in [2.05, 4.69) is 14.9 Å². The van der Waals surface area contributed by atoms with Gasteiger partial charge in [0.2, 0.25) is 0 Å². The normalized spacial score (nSPS) is 18.4. The van der Waals surface area contributed by atoms with Crippen LogP contribution in [0.3, 0.4) is 0 Å². The highest BCUT2D eigenvalue weighted by Gasteiger charge is 2.26. The summed E-state index contributed by atoms with van der Waals surface area (Å²) in [6.07, 6.45) is -0.200. The van der Waals surface area contributed by atoms with Crippen molar-refractivity contribution in [3.63, 3.8) is 0 Å². The van der Waals surface area contributed by atoms with Gasteiger partial charge in [0.25, 0.3) is 0 Å². The molecule has 0 amide bonds. The van der Waals surface area contributed by atoms with Crippen molar-refractivity contribution in [2.75, 3.05) is 24.6 Å². The molecule has 1 aliphatic heterocycles. The Balaban J connectivity index is 1.68. The van der Waals surface area contributed by atoms with Crippen molar-refractivity contribution >= 4 is 6.01 Å². The Labute approximate surface area is 138 Å². The van der Waals surface area contributed by atoms with Gasteiger partial charge in [-0.2, -0.15) is 13.8 Å². The van der Waals surface area contributed by atoms with Gasteiger partial charge in [-0.1, -0.05) is 31.1 Å². The molecular weight excluding hydrogens is 320 g/mol. The van der Waals surface area contributed by atoms with Crippen molar-refractivity contribution in [3.05, 3.63) is 35.7 Å². The predicted octanol–water partition coefficient (Wildman–Crippen LogP) is 3.37. The Morgan fingerprint density at radius 1 is 1.25 bits per heavy atom. The van der Waals surface area contributed by atoms with Crippen molar-refractivity contribution in [1.82, 2.24) is 10.1 Å². The fraction of sp³-hybridized carbons (Fsp3) is 0.500. The van der Waals surface area contributed by atoms with Crippen molar-refractivity contribution < 1.29 is 22.8 Å². The van der Waals surface area contributed by atoms with E-state index in [1.54, 1.807) is 12.1 Å². The number of hydrogen-bond donors (Lipinski definition) is 0. The van der Waals surface area contributed by atoms with Crippen LogP contribution in [0.2, 0.25) is 0 Å². The van der Waals surface area contributed by atoms with E-state index < -0.39 is 6.61 Å². The second kappa shape index (κ2) is 7.12. The maximum atomic E-state index is 12.2. The lowest BCUT2D eigenvalue weighted by Crippen LogP contribution is -2.38. The summed E-state index contributed by atoms with van der Waals surface area (Å²) in [5, 5.41) is 3.97. The van der Waals surface area contributed by atoms with Gasteiger partial charge in [-0.25, -0.2) is 0 Å². The molecule has 1 fully saturated rings. The van der Waals surface area contributed by atoms with E-state index in [1.807, 2.05) is 18.7 Å². The lowest BCUT2D eigenvalue weighted by atomic mass is 10.1. The van der Waals surface area contributed by atoms with E-state index in [0.717, 1.165) is 5.56 Å². The molecule has 0 aliphatic carbocycles. The largest absolute Gasteiger partial charge is 0.435 e. The van der Waals surface area contributed by atoms with E-state index in [9.17, 15) is 8.78 Å². The Bertz CT molecular complexity index is 661. The average molecular weight is 339 g/mol. The van der Waals surface area contributed by atoms with Crippen LogP contribution in [0.4, 0.5) is 14.8 Å². The van der Waals surface area contributed by atoms with Crippen LogP contribution in [0, 0.1) is 0 Å². The van der Waals surface area contributed by atoms with Crippen LogP contribution in [0.5, 0.6) is 5.75 Å². The summed E-state index contributed by atoms with van der Waals surface area (Å²) in [6.45, 7) is 2.89. The maximum absolute atomic E-state index is 12.2. The zero-order chi connectivity index (χ0) is 17.1. The van der Waals surface area contributed by atoms with Gasteiger partial charge in [0, 0.05) is 12.5 Å². The van der Waals surface area contributed by atoms with Gasteiger partial charge in [-0.15, -0.1) is 0 Å². The van der Waals surface area contributed by atoms with Crippen LogP contribution in [0.25, 0.3) is 0 Å². The minimum absolute atomic E-state index is 0.125. The summed E-state index contributed by atoms with van der Waals surface area (Å²) in [5.41, 5.74) is 0.880. The molecule has 1 atom stereocenters. The highest BCUT2D eigenvalue weighted by atomic mass is 19.3. The number of rotatable bonds is 5. The molecule has 1 aliphatic rings. The molecule has 2 aromatic rings. The molecule has 130 valence electrons. The summed E-state index contributed by atoms with van der Waals surface area (Å²) in [4.78, 5) is 6.37. The molecule has 0 radical (unpaired) electrons. The first-order valence-electron chi connectivity index (χ1n) is 7.78. The summed E-state index contributed by atoms with van der Waals surface area (Å²) in [5.74, 6) is 0.989. The van der Waals surface area contributed by atoms with E-state index in [4.69, 9.17) is 9.26 Å². The Morgan fingerprint density at radius 3 is 2.62 bits per heavy atom. The highest BCUT2D eigenvalue weighted by molar-refractivity contribution is 5.32. The van der Waals surface area contributed by atoms with Crippen LogP contribution in [0.1, 0.15) is 37.3 Å². The number of aromatic nitrogens is 2. The van der Waals surface area contributed by atoms with Gasteiger partial charge in [0.05, 0.1) is 13.2 Å². The topological polar surface area (TPSA) is 60.6 Å². The lowest BCUT2D eigenvalue weighted by Gasteiger charge is -2.31. The molecular formula is C16H19F2N3O3. The summed E-state index contributed by atoms with van der Waals surface area (Å²) >= 11 is 0. The van der Waals surface area contributed by atoms with E-state index in [0.29, 0.717) is 31.5 Å². The quantitative estimate of drug-likeness (QED) is 0.832. The fourth-order valence-electron chi connectivity index (χ4n) is 2.48. The molecule has 6 nitrogen and oxygen atoms in total. The van der Waals surface area contributed by atoms with Crippen molar-refractivity contribution in [3.8, 4) is 5.75 Å². The predicted molar refractivity (Wildman–Crippen MR) is 82.4 cm³/mol. The number of halogens is 2. The molecule has 0 spiro atoms. The molecule has 1 aromatic heterocycles. The molecule has 24 heavy (non-hydrogen) atoms. The maximum Gasteiger partial charge on any atom is 0.387 e. The van der Waals surface area contributed by atoms with Crippen LogP contribution in [-0.4, -0.2) is 36.4 Å². The first-order valence-corrected chi connectivity index (χ1v) is 7.78. The van der Waals surface area contributed by atoms with Gasteiger partial charge < -0.3 is 18.9 Å². The SMILES string of the molecule is CC(C)c1noc(N2CCOC(c3ccc(OC(F)F)cc3)C2)n1. The molecule has 1 saturated heterocycles. The first-order chi connectivity index (χ1) is 11.5. The standard InChI is InChI=1S/C16H19F2N3O3/c1-10(2)14-19-16(24-20-14)21-7-8-22-13(9-21)11-3-5-12(6-4-11)23-15(17)18/h3-6,10,13,15H,7-9H2,1-2H3. The van der Waals surface area contributed by atoms with Crippen molar-refractivity contribution in [1.29, 1.82) is 0 Å². The number of morpholine rings is 1. The number of alkyl halides is 2. The van der Waals surface area contributed by atoms with Gasteiger partial charge in [0.1, 0.15) is 11.9 Å². The molecule has 8 heteroatoms. The summed E-state index contributed by atoms with van der Waals surface area (Å²) in [6, 6.07) is 6.93. The molecule has 0 bridgehead atoms. The molecule has 0 N–H and O–H groups in total. The third-order valence-electron chi connectivity index (χ3n) is 3.76. The number of hydrogen-bond acceptors (Lipinski definition) is 6. The van der Waals surface area contributed by atoms with Gasteiger partial charge in [-0.05, 0) is 17.7 Å². The van der Waals surface area contributed by atoms with Gasteiger partial charge in [-0.3, -0.25) is 0 Å². The second-order valence-corrected chi connectivity index (χ2v) is 5.84. The molecule has 1 aromatic carbocycles. The Kier molecular flexibility index (Phi) is 4.94. The van der Waals surface area contributed by atoms with Crippen molar-refractivity contribution in [2.24, 2.45) is 0 Å². The average Bonchev–Trinajstić information content (AvgIpc) is 3.05. The summed E-state index contributed by atoms with van der Waals surface area (Å²) < 4.78 is 39.8. The van der Waals surface area contributed by atoms with E-state index >= 15 is 0 Å². The zero-order valence-corrected chi connectivity index (χ0v) is 13.5. The third kappa shape index (κ3) is 3.81.